The third-order valence-corrected chi connectivity index (χ3v) is 2.85. The van der Waals surface area contributed by atoms with Crippen LogP contribution in [0.3, 0.4) is 0 Å². The molecule has 0 bridgehead atoms. The van der Waals surface area contributed by atoms with Crippen molar-refractivity contribution in [3.05, 3.63) is 35.4 Å². The van der Waals surface area contributed by atoms with Crippen LogP contribution in [0.4, 0.5) is 4.79 Å². The molecule has 1 aromatic heterocycles. The number of hydrogen-bond acceptors (Lipinski definition) is 3. The van der Waals surface area contributed by atoms with Gasteiger partial charge in [0, 0.05) is 29.1 Å². The summed E-state index contributed by atoms with van der Waals surface area (Å²) in [6, 6.07) is -3.72. The molecule has 5 heteroatoms. The maximum absolute atomic E-state index is 11.5. The Morgan fingerprint density at radius 3 is 3.14 bits per heavy atom. The number of nitrogens with zero attached hydrogens (tertiary/aromatic N) is 1. The van der Waals surface area contributed by atoms with Crippen molar-refractivity contribution < 1.29 is 23.2 Å². The average Bonchev–Trinajstić information content (AvgIpc) is 3.08. The van der Waals surface area contributed by atoms with E-state index >= 15 is 0 Å². The molecular formula is C16H21N3O2. The van der Waals surface area contributed by atoms with Gasteiger partial charge in [0.15, 0.2) is 0 Å². The summed E-state index contributed by atoms with van der Waals surface area (Å²) in [6.07, 6.45) is -4.65. The number of carbonyl (C=O) groups is 1. The molecule has 0 radical (unpaired) electrons. The minimum Gasteiger partial charge on any atom is -0.447 e. The van der Waals surface area contributed by atoms with Gasteiger partial charge in [-0.1, -0.05) is 6.04 Å². The van der Waals surface area contributed by atoms with Gasteiger partial charge in [-0.25, -0.2) is 4.79 Å². The summed E-state index contributed by atoms with van der Waals surface area (Å²) in [5, 5.41) is 1.93. The topological polar surface area (TPSA) is 57.4 Å². The van der Waals surface area contributed by atoms with Gasteiger partial charge in [0.05, 0.1) is 14.3 Å². The van der Waals surface area contributed by atoms with Crippen molar-refractivity contribution in [2.24, 2.45) is 0 Å². The number of alkyl carbamates (subject to hydrolysis) is 1. The summed E-state index contributed by atoms with van der Waals surface area (Å²) < 4.78 is 86.6. The first-order chi connectivity index (χ1) is 14.0. The third-order valence-electron chi connectivity index (χ3n) is 2.85. The minimum atomic E-state index is -2.83. The van der Waals surface area contributed by atoms with E-state index in [1.807, 2.05) is 5.32 Å². The second kappa shape index (κ2) is 5.77. The summed E-state index contributed by atoms with van der Waals surface area (Å²) in [7, 11) is 2.99. The summed E-state index contributed by atoms with van der Waals surface area (Å²) in [4.78, 5) is 15.4. The van der Waals surface area contributed by atoms with Crippen molar-refractivity contribution in [3.63, 3.8) is 0 Å². The smallest absolute Gasteiger partial charge is 0.407 e. The maximum atomic E-state index is 11.5. The van der Waals surface area contributed by atoms with E-state index in [0.717, 1.165) is 0 Å². The number of likely N-dealkylation sites (N-methyl/N-ethyl adjacent to an activating group) is 1. The summed E-state index contributed by atoms with van der Waals surface area (Å²) in [6.45, 7) is -4.70. The zero-order valence-electron chi connectivity index (χ0n) is 21.5. The Hall–Kier alpha value is -2.01. The number of cyclic esters (lactones) is 1. The fourth-order valence-corrected chi connectivity index (χ4v) is 1.87. The molecule has 2 heterocycles. The predicted octanol–water partition coefficient (Wildman–Crippen LogP) is 1.92. The first-order valence-corrected chi connectivity index (χ1v) is 6.30. The average molecular weight is 297 g/mol. The van der Waals surface area contributed by atoms with Gasteiger partial charge in [-0.3, -0.25) is 0 Å². The minimum absolute atomic E-state index is 0.0268. The summed E-state index contributed by atoms with van der Waals surface area (Å²) in [5.74, 6) is 0. The molecule has 112 valence electrons. The maximum Gasteiger partial charge on any atom is 0.407 e. The van der Waals surface area contributed by atoms with Gasteiger partial charge in [0.1, 0.15) is 6.56 Å². The molecule has 0 spiro atoms. The number of H-pyrrole nitrogens is 1. The number of nitrogens with one attached hydrogen (secondary N) is 2. The number of rotatable bonds is 5. The van der Waals surface area contributed by atoms with Crippen molar-refractivity contribution in [3.8, 4) is 0 Å². The van der Waals surface area contributed by atoms with Gasteiger partial charge in [0.25, 0.3) is 0 Å². The molecule has 1 aromatic carbocycles. The van der Waals surface area contributed by atoms with Crippen LogP contribution in [-0.2, 0) is 17.5 Å². The fraction of sp³-hybridized carbons (Fsp3) is 0.438. The van der Waals surface area contributed by atoms with Crippen molar-refractivity contribution in [2.45, 2.75) is 18.8 Å². The molecule has 1 fully saturated rings. The van der Waals surface area contributed by atoms with Crippen molar-refractivity contribution in [1.29, 1.82) is 0 Å². The van der Waals surface area contributed by atoms with Crippen molar-refractivity contribution >= 4 is 17.0 Å². The van der Waals surface area contributed by atoms with Crippen LogP contribution in [0.1, 0.15) is 24.8 Å². The lowest BCUT2D eigenvalue weighted by Gasteiger charge is -2.09. The third kappa shape index (κ3) is 3.19. The van der Waals surface area contributed by atoms with Crippen LogP contribution in [0.15, 0.2) is 24.3 Å². The van der Waals surface area contributed by atoms with Crippen LogP contribution in [0, 0.1) is 0 Å². The van der Waals surface area contributed by atoms with Crippen LogP contribution in [0.25, 0.3) is 10.9 Å². The van der Waals surface area contributed by atoms with E-state index in [9.17, 15) is 4.79 Å². The lowest BCUT2D eigenvalue weighted by molar-refractivity contribution is 0.177. The Morgan fingerprint density at radius 2 is 2.43 bits per heavy atom. The quantitative estimate of drug-likeness (QED) is 0.886. The lowest BCUT2D eigenvalue weighted by atomic mass is 10.0. The largest absolute Gasteiger partial charge is 0.447 e. The standard InChI is InChI=1S/C16H21N3O2/c1-19(2)6-5-12-9-17-15-4-3-11(8-14(12)15)7-13-10-21-16(20)18-13/h3-4,8-9,13,17H,5-7,10H2,1-2H3,(H,18,20)/t13-/m0/s1/i3D,4D,6D2,7D2,8D,9D,10D2. The Labute approximate surface area is 138 Å². The first kappa shape index (κ1) is 6.40. The molecule has 1 aliphatic rings. The van der Waals surface area contributed by atoms with Crippen molar-refractivity contribution in [1.82, 2.24) is 15.2 Å². The molecular weight excluding hydrogens is 266 g/mol. The highest BCUT2D eigenvalue weighted by Crippen LogP contribution is 2.21. The van der Waals surface area contributed by atoms with Gasteiger partial charge in [-0.05, 0) is 50.1 Å². The Bertz CT molecular complexity index is 1070. The zero-order valence-corrected chi connectivity index (χ0v) is 11.5. The fourth-order valence-electron chi connectivity index (χ4n) is 1.87. The number of carbonyl (C=O) groups excluding carboxylic acids is 1. The van der Waals surface area contributed by atoms with E-state index in [2.05, 4.69) is 9.72 Å². The Balaban J connectivity index is 2.29. The number of benzene rings is 1. The number of ether oxygens (including phenoxy) is 1. The van der Waals surface area contributed by atoms with Crippen LogP contribution < -0.4 is 5.32 Å². The van der Waals surface area contributed by atoms with Gasteiger partial charge in [-0.2, -0.15) is 0 Å². The van der Waals surface area contributed by atoms with Crippen molar-refractivity contribution in [2.75, 3.05) is 27.2 Å². The van der Waals surface area contributed by atoms with E-state index < -0.39 is 55.3 Å². The second-order valence-electron chi connectivity index (χ2n) is 4.69. The zero-order chi connectivity index (χ0) is 23.7. The summed E-state index contributed by atoms with van der Waals surface area (Å²) in [5.41, 5.74) is -0.715. The van der Waals surface area contributed by atoms with Crippen LogP contribution in [0.5, 0.6) is 0 Å². The molecule has 2 N–H and O–H groups in total. The lowest BCUT2D eigenvalue weighted by Crippen LogP contribution is -2.28. The molecule has 0 saturated carbocycles. The number of fused-ring (bicyclic) bond motifs is 1. The van der Waals surface area contributed by atoms with E-state index in [1.165, 1.54) is 19.0 Å². The monoisotopic (exact) mass is 297 g/mol. The molecule has 21 heavy (non-hydrogen) atoms. The van der Waals surface area contributed by atoms with Gasteiger partial charge >= 0.3 is 6.09 Å². The molecule has 1 aliphatic heterocycles. The molecule has 1 atom stereocenters. The molecule has 3 rings (SSSR count). The number of hydrogen-bond donors (Lipinski definition) is 2. The molecule has 1 amide bonds. The Morgan fingerprint density at radius 1 is 1.57 bits per heavy atom. The predicted molar refractivity (Wildman–Crippen MR) is 82.5 cm³/mol. The van der Waals surface area contributed by atoms with E-state index in [0.29, 0.717) is 0 Å². The van der Waals surface area contributed by atoms with Crippen LogP contribution in [0.2, 0.25) is 0 Å². The van der Waals surface area contributed by atoms with E-state index in [-0.39, 0.29) is 29.1 Å². The first-order valence-electron chi connectivity index (χ1n) is 11.3. The molecule has 0 unspecified atom stereocenters. The van der Waals surface area contributed by atoms with E-state index in [4.69, 9.17) is 13.7 Å². The Kier molecular flexibility index (Phi) is 1.76. The molecule has 2 aromatic rings. The molecule has 1 saturated heterocycles. The van der Waals surface area contributed by atoms with Gasteiger partial charge in [-0.15, -0.1) is 0 Å². The highest BCUT2D eigenvalue weighted by molar-refractivity contribution is 5.84. The SMILES string of the molecule is [2H]c1[nH]c2c([2H])c([2H])c(C([2H])([2H])[C@@H]3NC(=O)OC3([2H])[2H])c([2H])c2c1CC([2H])([2H])N(C)C. The molecule has 0 aliphatic carbocycles. The number of aromatic amines is 1. The second-order valence-corrected chi connectivity index (χ2v) is 4.69. The van der Waals surface area contributed by atoms with E-state index in [1.54, 1.807) is 0 Å². The van der Waals surface area contributed by atoms with Gasteiger partial charge in [0.2, 0.25) is 0 Å². The van der Waals surface area contributed by atoms with Gasteiger partial charge < -0.3 is 19.9 Å². The highest BCUT2D eigenvalue weighted by atomic mass is 16.6. The highest BCUT2D eigenvalue weighted by Gasteiger charge is 2.22. The summed E-state index contributed by atoms with van der Waals surface area (Å²) >= 11 is 0. The number of aryl methyl sites for hydroxylation is 1. The number of amides is 1. The normalized spacial score (nSPS) is 28.9. The van der Waals surface area contributed by atoms with Crippen LogP contribution in [-0.4, -0.2) is 49.2 Å². The number of aromatic nitrogens is 1. The van der Waals surface area contributed by atoms with Crippen LogP contribution >= 0.6 is 0 Å². The molecule has 5 nitrogen and oxygen atoms in total.